The van der Waals surface area contributed by atoms with Gasteiger partial charge < -0.3 is 20.1 Å². The fourth-order valence-corrected chi connectivity index (χ4v) is 2.62. The highest BCUT2D eigenvalue weighted by Gasteiger charge is 2.35. The molecule has 2 saturated carbocycles. The zero-order valence-electron chi connectivity index (χ0n) is 11.3. The Balaban J connectivity index is 1.80. The maximum Gasteiger partial charge on any atom is 0.317 e. The van der Waals surface area contributed by atoms with E-state index in [1.165, 1.54) is 0 Å². The Morgan fingerprint density at radius 1 is 1.32 bits per heavy atom. The summed E-state index contributed by atoms with van der Waals surface area (Å²) in [4.78, 5) is 24.9. The third-order valence-corrected chi connectivity index (χ3v) is 3.89. The van der Waals surface area contributed by atoms with Crippen LogP contribution in [0.1, 0.15) is 32.1 Å². The number of ether oxygens (including phenoxy) is 1. The van der Waals surface area contributed by atoms with Gasteiger partial charge in [0.1, 0.15) is 0 Å². The van der Waals surface area contributed by atoms with Gasteiger partial charge >= 0.3 is 12.0 Å². The summed E-state index contributed by atoms with van der Waals surface area (Å²) in [6.07, 6.45) is 4.07. The van der Waals surface area contributed by atoms with E-state index in [2.05, 4.69) is 5.32 Å². The van der Waals surface area contributed by atoms with Gasteiger partial charge in [-0.05, 0) is 32.1 Å². The number of carboxylic acids is 1. The maximum absolute atomic E-state index is 12.2. The lowest BCUT2D eigenvalue weighted by atomic mass is 10.1. The lowest BCUT2D eigenvalue weighted by Crippen LogP contribution is -2.46. The Bertz CT molecular complexity index is 344. The van der Waals surface area contributed by atoms with Gasteiger partial charge in [0, 0.05) is 25.7 Å². The van der Waals surface area contributed by atoms with Crippen LogP contribution in [0.2, 0.25) is 0 Å². The molecule has 0 radical (unpaired) electrons. The summed E-state index contributed by atoms with van der Waals surface area (Å²) in [5.41, 5.74) is 0. The van der Waals surface area contributed by atoms with Crippen molar-refractivity contribution in [3.05, 3.63) is 0 Å². The highest BCUT2D eigenvalue weighted by molar-refractivity contribution is 5.76. The molecule has 0 heterocycles. The summed E-state index contributed by atoms with van der Waals surface area (Å²) in [6.45, 7) is 1.13. The van der Waals surface area contributed by atoms with Crippen molar-refractivity contribution in [2.75, 3.05) is 20.3 Å². The second-order valence-corrected chi connectivity index (χ2v) is 5.41. The Morgan fingerprint density at radius 3 is 2.58 bits per heavy atom. The van der Waals surface area contributed by atoms with Gasteiger partial charge in [-0.1, -0.05) is 0 Å². The monoisotopic (exact) mass is 270 g/mol. The largest absolute Gasteiger partial charge is 0.481 e. The van der Waals surface area contributed by atoms with Crippen LogP contribution in [0, 0.1) is 5.92 Å². The summed E-state index contributed by atoms with van der Waals surface area (Å²) in [6, 6.07) is 0.264. The first-order valence-electron chi connectivity index (χ1n) is 6.90. The Morgan fingerprint density at radius 2 is 2.05 bits per heavy atom. The first-order valence-corrected chi connectivity index (χ1v) is 6.90. The zero-order valence-corrected chi connectivity index (χ0v) is 11.3. The summed E-state index contributed by atoms with van der Waals surface area (Å²) in [5.74, 6) is -1.06. The predicted molar refractivity (Wildman–Crippen MR) is 68.9 cm³/mol. The van der Waals surface area contributed by atoms with Crippen LogP contribution in [0.3, 0.4) is 0 Å². The molecule has 2 fully saturated rings. The number of aliphatic carboxylic acids is 1. The van der Waals surface area contributed by atoms with Crippen LogP contribution < -0.4 is 5.32 Å². The lowest BCUT2D eigenvalue weighted by Gasteiger charge is -2.24. The van der Waals surface area contributed by atoms with Crippen molar-refractivity contribution < 1.29 is 19.4 Å². The molecule has 2 N–H and O–H groups in total. The second-order valence-electron chi connectivity index (χ2n) is 5.41. The molecule has 0 saturated heterocycles. The summed E-state index contributed by atoms with van der Waals surface area (Å²) in [7, 11) is 1.62. The van der Waals surface area contributed by atoms with Gasteiger partial charge in [-0.3, -0.25) is 4.79 Å². The van der Waals surface area contributed by atoms with E-state index >= 15 is 0 Å². The van der Waals surface area contributed by atoms with E-state index < -0.39 is 5.97 Å². The molecule has 0 bridgehead atoms. The second kappa shape index (κ2) is 6.23. The number of urea groups is 1. The van der Waals surface area contributed by atoms with Gasteiger partial charge in [-0.2, -0.15) is 0 Å². The molecule has 2 aliphatic carbocycles. The average Bonchev–Trinajstić information content (AvgIpc) is 3.09. The minimum absolute atomic E-state index is 0.00241. The standard InChI is InChI=1S/C13H22N2O4/c1-19-7-6-15(11-4-5-11)13(18)14-10-3-2-9(8-10)12(16)17/h9-11H,2-8H2,1H3,(H,14,18)(H,16,17)/t9-,10+/m1/s1. The number of nitrogens with one attached hydrogen (secondary N) is 1. The van der Waals surface area contributed by atoms with E-state index in [-0.39, 0.29) is 18.0 Å². The lowest BCUT2D eigenvalue weighted by molar-refractivity contribution is -0.141. The van der Waals surface area contributed by atoms with Crippen molar-refractivity contribution in [3.8, 4) is 0 Å². The molecule has 6 nitrogen and oxygen atoms in total. The highest BCUT2D eigenvalue weighted by Crippen LogP contribution is 2.28. The van der Waals surface area contributed by atoms with Crippen LogP contribution in [-0.4, -0.2) is 54.4 Å². The van der Waals surface area contributed by atoms with Crippen LogP contribution in [-0.2, 0) is 9.53 Å². The summed E-state index contributed by atoms with van der Waals surface area (Å²) >= 11 is 0. The summed E-state index contributed by atoms with van der Waals surface area (Å²) in [5, 5.41) is 11.9. The smallest absolute Gasteiger partial charge is 0.317 e. The molecular weight excluding hydrogens is 248 g/mol. The molecule has 0 spiro atoms. The molecule has 108 valence electrons. The Hall–Kier alpha value is -1.30. The molecule has 6 heteroatoms. The molecule has 0 aromatic rings. The van der Waals surface area contributed by atoms with Crippen molar-refractivity contribution in [2.45, 2.75) is 44.2 Å². The molecule has 0 unspecified atom stereocenters. The number of hydrogen-bond acceptors (Lipinski definition) is 3. The maximum atomic E-state index is 12.2. The normalized spacial score (nSPS) is 26.2. The van der Waals surface area contributed by atoms with Gasteiger partial charge in [0.25, 0.3) is 0 Å². The molecule has 2 atom stereocenters. The number of amides is 2. The Kier molecular flexibility index (Phi) is 4.63. The van der Waals surface area contributed by atoms with E-state index in [1.54, 1.807) is 7.11 Å². The van der Waals surface area contributed by atoms with Gasteiger partial charge in [0.2, 0.25) is 0 Å². The molecule has 0 aromatic heterocycles. The Labute approximate surface area is 113 Å². The first-order chi connectivity index (χ1) is 9.11. The van der Waals surface area contributed by atoms with Gasteiger partial charge in [-0.15, -0.1) is 0 Å². The summed E-state index contributed by atoms with van der Waals surface area (Å²) < 4.78 is 5.02. The zero-order chi connectivity index (χ0) is 13.8. The van der Waals surface area contributed by atoms with E-state index in [0.29, 0.717) is 32.0 Å². The van der Waals surface area contributed by atoms with Gasteiger partial charge in [0.05, 0.1) is 12.5 Å². The van der Waals surface area contributed by atoms with Crippen molar-refractivity contribution in [2.24, 2.45) is 5.92 Å². The van der Waals surface area contributed by atoms with E-state index in [4.69, 9.17) is 9.84 Å². The minimum Gasteiger partial charge on any atom is -0.481 e. The molecule has 19 heavy (non-hydrogen) atoms. The van der Waals surface area contributed by atoms with Crippen LogP contribution in [0.25, 0.3) is 0 Å². The van der Waals surface area contributed by atoms with E-state index in [0.717, 1.165) is 19.3 Å². The van der Waals surface area contributed by atoms with Gasteiger partial charge in [0.15, 0.2) is 0 Å². The van der Waals surface area contributed by atoms with Crippen molar-refractivity contribution in [1.82, 2.24) is 10.2 Å². The quantitative estimate of drug-likeness (QED) is 0.756. The molecule has 2 rings (SSSR count). The molecule has 2 aliphatic rings. The van der Waals surface area contributed by atoms with Crippen molar-refractivity contribution in [1.29, 1.82) is 0 Å². The van der Waals surface area contributed by atoms with Gasteiger partial charge in [-0.25, -0.2) is 4.79 Å². The number of hydrogen-bond donors (Lipinski definition) is 2. The topological polar surface area (TPSA) is 78.9 Å². The first kappa shape index (κ1) is 14.1. The molecule has 0 aliphatic heterocycles. The number of rotatable bonds is 6. The fraction of sp³-hybridized carbons (Fsp3) is 0.846. The minimum atomic E-state index is -0.754. The number of carbonyl (C=O) groups excluding carboxylic acids is 1. The van der Waals surface area contributed by atoms with Crippen LogP contribution in [0.5, 0.6) is 0 Å². The number of nitrogens with zero attached hydrogens (tertiary/aromatic N) is 1. The molecule has 0 aromatic carbocycles. The predicted octanol–water partition coefficient (Wildman–Crippen LogP) is 1.06. The van der Waals surface area contributed by atoms with Crippen molar-refractivity contribution >= 4 is 12.0 Å². The highest BCUT2D eigenvalue weighted by atomic mass is 16.5. The molecule has 2 amide bonds. The third-order valence-electron chi connectivity index (χ3n) is 3.89. The number of carbonyl (C=O) groups is 2. The van der Waals surface area contributed by atoms with E-state index in [9.17, 15) is 9.59 Å². The third kappa shape index (κ3) is 3.83. The van der Waals surface area contributed by atoms with Crippen LogP contribution in [0.15, 0.2) is 0 Å². The van der Waals surface area contributed by atoms with Crippen LogP contribution in [0.4, 0.5) is 4.79 Å². The SMILES string of the molecule is COCCN(C(=O)N[C@H]1CC[C@@H](C(=O)O)C1)C1CC1. The number of methoxy groups -OCH3 is 1. The van der Waals surface area contributed by atoms with E-state index in [1.807, 2.05) is 4.90 Å². The van der Waals surface area contributed by atoms with Crippen LogP contribution >= 0.6 is 0 Å². The number of carboxylic acid groups (broad SMARTS) is 1. The average molecular weight is 270 g/mol. The van der Waals surface area contributed by atoms with Crippen molar-refractivity contribution in [3.63, 3.8) is 0 Å². The molecular formula is C13H22N2O4. The fourth-order valence-electron chi connectivity index (χ4n) is 2.62.